The van der Waals surface area contributed by atoms with Gasteiger partial charge in [0.25, 0.3) is 0 Å². The van der Waals surface area contributed by atoms with Crippen molar-refractivity contribution >= 4 is 11.3 Å². The van der Waals surface area contributed by atoms with Gasteiger partial charge in [-0.05, 0) is 35.2 Å². The summed E-state index contributed by atoms with van der Waals surface area (Å²) in [7, 11) is 0. The molecule has 2 aromatic rings. The molecule has 4 rings (SSSR count). The number of ether oxygens (including phenoxy) is 1. The molecule has 0 spiro atoms. The first-order valence-electron chi connectivity index (χ1n) is 7.23. The summed E-state index contributed by atoms with van der Waals surface area (Å²) in [4.78, 5) is 0. The molecule has 0 aromatic heterocycles. The quantitative estimate of drug-likeness (QED) is 0.870. The molecule has 0 radical (unpaired) electrons. The van der Waals surface area contributed by atoms with Crippen LogP contribution in [0.5, 0.6) is 0 Å². The van der Waals surface area contributed by atoms with Crippen LogP contribution < -0.4 is 5.73 Å². The summed E-state index contributed by atoms with van der Waals surface area (Å²) < 4.78 is 19.7. The highest BCUT2D eigenvalue weighted by Gasteiger charge is 2.31. The maximum absolute atomic E-state index is 13.7. The predicted octanol–water partition coefficient (Wildman–Crippen LogP) is 3.35. The number of benzene rings is 2. The standard InChI is InChI=1S/C18H16FNO/c19-13-6-5-12-7-11-3-1-2-4-15(11)17-9-14(10-20)21-18(17)16(12)8-13/h1-6,8,14H,7,9-10,20H2. The maximum Gasteiger partial charge on any atom is 0.131 e. The first kappa shape index (κ1) is 12.6. The van der Waals surface area contributed by atoms with Gasteiger partial charge in [-0.1, -0.05) is 30.3 Å². The maximum atomic E-state index is 13.7. The molecule has 0 bridgehead atoms. The summed E-state index contributed by atoms with van der Waals surface area (Å²) in [6.07, 6.45) is 1.58. The largest absolute Gasteiger partial charge is 0.488 e. The zero-order valence-electron chi connectivity index (χ0n) is 11.6. The van der Waals surface area contributed by atoms with Crippen molar-refractivity contribution in [1.82, 2.24) is 0 Å². The summed E-state index contributed by atoms with van der Waals surface area (Å²) in [5.41, 5.74) is 11.4. The number of hydrogen-bond donors (Lipinski definition) is 1. The van der Waals surface area contributed by atoms with Gasteiger partial charge in [0.15, 0.2) is 0 Å². The Morgan fingerprint density at radius 1 is 1.10 bits per heavy atom. The van der Waals surface area contributed by atoms with Crippen LogP contribution in [-0.4, -0.2) is 12.6 Å². The molecule has 2 nitrogen and oxygen atoms in total. The van der Waals surface area contributed by atoms with Crippen molar-refractivity contribution in [2.24, 2.45) is 5.73 Å². The van der Waals surface area contributed by atoms with E-state index in [1.54, 1.807) is 6.07 Å². The Hall–Kier alpha value is -2.13. The molecule has 2 aromatic carbocycles. The molecule has 0 fully saturated rings. The third-order valence-electron chi connectivity index (χ3n) is 4.29. The highest BCUT2D eigenvalue weighted by Crippen LogP contribution is 2.43. The van der Waals surface area contributed by atoms with Crippen molar-refractivity contribution in [3.63, 3.8) is 0 Å². The molecule has 1 aliphatic heterocycles. The number of nitrogens with two attached hydrogens (primary N) is 1. The third-order valence-corrected chi connectivity index (χ3v) is 4.29. The van der Waals surface area contributed by atoms with Gasteiger partial charge in [-0.2, -0.15) is 0 Å². The first-order chi connectivity index (χ1) is 10.3. The van der Waals surface area contributed by atoms with Crippen molar-refractivity contribution < 1.29 is 9.13 Å². The lowest BCUT2D eigenvalue weighted by molar-refractivity contribution is 0.198. The molecule has 1 heterocycles. The Morgan fingerprint density at radius 2 is 1.90 bits per heavy atom. The minimum Gasteiger partial charge on any atom is -0.488 e. The second-order valence-corrected chi connectivity index (χ2v) is 5.62. The third kappa shape index (κ3) is 1.96. The van der Waals surface area contributed by atoms with E-state index < -0.39 is 0 Å². The number of hydrogen-bond acceptors (Lipinski definition) is 2. The summed E-state index contributed by atoms with van der Waals surface area (Å²) in [5.74, 6) is 0.580. The van der Waals surface area contributed by atoms with E-state index in [0.717, 1.165) is 35.3 Å². The van der Waals surface area contributed by atoms with Crippen molar-refractivity contribution in [1.29, 1.82) is 0 Å². The number of rotatable bonds is 1. The second-order valence-electron chi connectivity index (χ2n) is 5.62. The van der Waals surface area contributed by atoms with E-state index in [-0.39, 0.29) is 11.9 Å². The van der Waals surface area contributed by atoms with Crippen molar-refractivity contribution in [3.05, 3.63) is 70.5 Å². The molecule has 0 saturated carbocycles. The summed E-state index contributed by atoms with van der Waals surface area (Å²) in [6.45, 7) is 0.472. The topological polar surface area (TPSA) is 35.2 Å². The molecule has 2 aliphatic rings. The van der Waals surface area contributed by atoms with E-state index in [4.69, 9.17) is 10.5 Å². The van der Waals surface area contributed by atoms with Crippen LogP contribution in [0, 0.1) is 5.82 Å². The van der Waals surface area contributed by atoms with E-state index in [1.165, 1.54) is 17.2 Å². The smallest absolute Gasteiger partial charge is 0.131 e. The van der Waals surface area contributed by atoms with Crippen LogP contribution in [0.2, 0.25) is 0 Å². The highest BCUT2D eigenvalue weighted by atomic mass is 19.1. The monoisotopic (exact) mass is 281 g/mol. The average molecular weight is 281 g/mol. The molecule has 21 heavy (non-hydrogen) atoms. The molecule has 1 atom stereocenters. The van der Waals surface area contributed by atoms with Crippen molar-refractivity contribution in [2.45, 2.75) is 18.9 Å². The van der Waals surface area contributed by atoms with Gasteiger partial charge in [-0.3, -0.25) is 0 Å². The van der Waals surface area contributed by atoms with Gasteiger partial charge in [0.1, 0.15) is 17.7 Å². The zero-order valence-corrected chi connectivity index (χ0v) is 11.6. The lowest BCUT2D eigenvalue weighted by Crippen LogP contribution is -2.19. The van der Waals surface area contributed by atoms with Crippen LogP contribution >= 0.6 is 0 Å². The van der Waals surface area contributed by atoms with Gasteiger partial charge in [0.2, 0.25) is 0 Å². The van der Waals surface area contributed by atoms with Crippen molar-refractivity contribution in [2.75, 3.05) is 6.54 Å². The molecule has 0 saturated heterocycles. The van der Waals surface area contributed by atoms with Gasteiger partial charge in [0.05, 0.1) is 0 Å². The fourth-order valence-electron chi connectivity index (χ4n) is 3.28. The molecule has 2 N–H and O–H groups in total. The van der Waals surface area contributed by atoms with E-state index >= 15 is 0 Å². The van der Waals surface area contributed by atoms with E-state index in [9.17, 15) is 4.39 Å². The SMILES string of the molecule is NCC1CC2=C(O1)c1cc(F)ccc1Cc1ccccc12. The first-order valence-corrected chi connectivity index (χ1v) is 7.23. The van der Waals surface area contributed by atoms with Crippen LogP contribution in [0.1, 0.15) is 28.7 Å². The Morgan fingerprint density at radius 3 is 2.76 bits per heavy atom. The van der Waals surface area contributed by atoms with Gasteiger partial charge < -0.3 is 10.5 Å². The fraction of sp³-hybridized carbons (Fsp3) is 0.222. The molecular weight excluding hydrogens is 265 g/mol. The molecule has 106 valence electrons. The van der Waals surface area contributed by atoms with Crippen LogP contribution in [0.3, 0.4) is 0 Å². The molecular formula is C18H16FNO. The van der Waals surface area contributed by atoms with Crippen LogP contribution in [0.4, 0.5) is 4.39 Å². The lowest BCUT2D eigenvalue weighted by atomic mass is 9.95. The Labute approximate surface area is 123 Å². The summed E-state index contributed by atoms with van der Waals surface area (Å²) in [5, 5.41) is 0. The number of fused-ring (bicyclic) bond motifs is 4. The van der Waals surface area contributed by atoms with Gasteiger partial charge in [0, 0.05) is 24.1 Å². The van der Waals surface area contributed by atoms with Gasteiger partial charge in [-0.25, -0.2) is 4.39 Å². The predicted molar refractivity (Wildman–Crippen MR) is 81.0 cm³/mol. The van der Waals surface area contributed by atoms with E-state index in [0.29, 0.717) is 6.54 Å². The lowest BCUT2D eigenvalue weighted by Gasteiger charge is -2.14. The average Bonchev–Trinajstić information content (AvgIpc) is 2.89. The van der Waals surface area contributed by atoms with Crippen molar-refractivity contribution in [3.8, 4) is 0 Å². The Kier molecular flexibility index (Phi) is 2.82. The molecule has 3 heteroatoms. The normalized spacial score (nSPS) is 19.4. The van der Waals surface area contributed by atoms with Gasteiger partial charge in [-0.15, -0.1) is 0 Å². The molecule has 1 aliphatic carbocycles. The summed E-state index contributed by atoms with van der Waals surface area (Å²) in [6, 6.07) is 13.3. The van der Waals surface area contributed by atoms with Crippen LogP contribution in [0.25, 0.3) is 11.3 Å². The zero-order chi connectivity index (χ0) is 14.4. The Bertz CT molecular complexity index is 751. The Balaban J connectivity index is 1.97. The molecule has 0 amide bonds. The van der Waals surface area contributed by atoms with E-state index in [2.05, 4.69) is 12.1 Å². The highest BCUT2D eigenvalue weighted by molar-refractivity contribution is 5.92. The van der Waals surface area contributed by atoms with E-state index in [1.807, 2.05) is 18.2 Å². The van der Waals surface area contributed by atoms with Gasteiger partial charge >= 0.3 is 0 Å². The summed E-state index contributed by atoms with van der Waals surface area (Å²) >= 11 is 0. The fourth-order valence-corrected chi connectivity index (χ4v) is 3.28. The number of halogens is 1. The minimum absolute atomic E-state index is 0.0164. The van der Waals surface area contributed by atoms with Crippen LogP contribution in [-0.2, 0) is 11.2 Å². The molecule has 1 unspecified atom stereocenters. The van der Waals surface area contributed by atoms with Crippen LogP contribution in [0.15, 0.2) is 42.5 Å². The second kappa shape index (κ2) is 4.71. The minimum atomic E-state index is -0.230.